The summed E-state index contributed by atoms with van der Waals surface area (Å²) < 4.78 is 0. The Labute approximate surface area is 59.5 Å². The molecule has 2 heteroatoms. The van der Waals surface area contributed by atoms with Crippen molar-refractivity contribution in [2.75, 3.05) is 0 Å². The van der Waals surface area contributed by atoms with Gasteiger partial charge in [-0.25, -0.2) is 0 Å². The van der Waals surface area contributed by atoms with Crippen LogP contribution in [0.5, 0.6) is 0 Å². The van der Waals surface area contributed by atoms with Crippen molar-refractivity contribution in [2.24, 2.45) is 0 Å². The van der Waals surface area contributed by atoms with Crippen LogP contribution in [-0.4, -0.2) is 4.98 Å². The lowest BCUT2D eigenvalue weighted by molar-refractivity contribution is 1.29. The van der Waals surface area contributed by atoms with Crippen LogP contribution in [0.1, 0.15) is 5.56 Å². The molecule has 1 aromatic rings. The first kappa shape index (κ1) is 7.63. The molecule has 0 aromatic carbocycles. The molecular formula is C6H8BrN. The minimum Gasteiger partial charge on any atom is -0.265 e. The number of halogens is 1. The van der Waals surface area contributed by atoms with Crippen LogP contribution in [0.2, 0.25) is 0 Å². The molecule has 0 atom stereocenters. The lowest BCUT2D eigenvalue weighted by atomic mass is 10.3. The standard InChI is InChI=1S/C6H7N.BrH/c1-6-2-4-7-5-3-6;/h2-5H,1H3;1H. The topological polar surface area (TPSA) is 12.9 Å². The van der Waals surface area contributed by atoms with Crippen molar-refractivity contribution in [1.29, 1.82) is 0 Å². The maximum atomic E-state index is 3.85. The number of aryl methyl sites for hydroxylation is 1. The van der Waals surface area contributed by atoms with Crippen LogP contribution in [0.15, 0.2) is 24.5 Å². The molecule has 0 spiro atoms. The van der Waals surface area contributed by atoms with Gasteiger partial charge in [-0.15, -0.1) is 17.0 Å². The highest BCUT2D eigenvalue weighted by molar-refractivity contribution is 8.93. The smallest absolute Gasteiger partial charge is 0.0270 e. The number of nitrogens with zero attached hydrogens (tertiary/aromatic N) is 1. The maximum absolute atomic E-state index is 3.85. The average Bonchev–Trinajstić information content (AvgIpc) is 1.69. The molecule has 1 rings (SSSR count). The predicted octanol–water partition coefficient (Wildman–Crippen LogP) is 1.97. The molecule has 0 amide bonds. The Bertz CT molecular complexity index is 138. The Morgan fingerprint density at radius 3 is 2.00 bits per heavy atom. The van der Waals surface area contributed by atoms with Crippen molar-refractivity contribution in [3.8, 4) is 0 Å². The zero-order valence-electron chi connectivity index (χ0n) is 4.66. The van der Waals surface area contributed by atoms with Gasteiger partial charge in [-0.05, 0) is 24.6 Å². The van der Waals surface area contributed by atoms with Crippen molar-refractivity contribution in [2.45, 2.75) is 6.92 Å². The third kappa shape index (κ3) is 2.07. The summed E-state index contributed by atoms with van der Waals surface area (Å²) in [5.74, 6) is 0. The fourth-order valence-corrected chi connectivity index (χ4v) is 0.426. The maximum Gasteiger partial charge on any atom is 0.0270 e. The second kappa shape index (κ2) is 3.61. The number of aromatic nitrogens is 1. The van der Waals surface area contributed by atoms with Gasteiger partial charge in [-0.1, -0.05) is 0 Å². The van der Waals surface area contributed by atoms with E-state index >= 15 is 0 Å². The first-order valence-corrected chi connectivity index (χ1v) is 2.26. The molecule has 0 unspecified atom stereocenters. The van der Waals surface area contributed by atoms with Gasteiger partial charge >= 0.3 is 0 Å². The van der Waals surface area contributed by atoms with Crippen molar-refractivity contribution >= 4 is 17.0 Å². The van der Waals surface area contributed by atoms with Gasteiger partial charge in [0.25, 0.3) is 0 Å². The predicted molar refractivity (Wildman–Crippen MR) is 39.3 cm³/mol. The highest BCUT2D eigenvalue weighted by atomic mass is 79.9. The lowest BCUT2D eigenvalue weighted by Crippen LogP contribution is -1.68. The third-order valence-electron chi connectivity index (χ3n) is 0.847. The zero-order valence-corrected chi connectivity index (χ0v) is 6.38. The van der Waals surface area contributed by atoms with Gasteiger partial charge in [0.2, 0.25) is 0 Å². The second-order valence-electron chi connectivity index (χ2n) is 1.52. The van der Waals surface area contributed by atoms with Crippen LogP contribution >= 0.6 is 17.0 Å². The molecule has 1 aromatic heterocycles. The Morgan fingerprint density at radius 1 is 1.25 bits per heavy atom. The van der Waals surface area contributed by atoms with Gasteiger partial charge in [-0.2, -0.15) is 0 Å². The van der Waals surface area contributed by atoms with E-state index in [0.29, 0.717) is 0 Å². The van der Waals surface area contributed by atoms with Crippen molar-refractivity contribution < 1.29 is 0 Å². The molecule has 0 saturated heterocycles. The summed E-state index contributed by atoms with van der Waals surface area (Å²) in [6, 6.07) is 3.94. The molecule has 0 N–H and O–H groups in total. The molecule has 8 heavy (non-hydrogen) atoms. The molecule has 0 bridgehead atoms. The largest absolute Gasteiger partial charge is 0.265 e. The van der Waals surface area contributed by atoms with E-state index in [1.807, 2.05) is 19.1 Å². The average molecular weight is 174 g/mol. The third-order valence-corrected chi connectivity index (χ3v) is 0.847. The van der Waals surface area contributed by atoms with Gasteiger partial charge < -0.3 is 0 Å². The fraction of sp³-hybridized carbons (Fsp3) is 0.167. The van der Waals surface area contributed by atoms with E-state index in [1.165, 1.54) is 5.56 Å². The SMILES string of the molecule is Br.Cc1ccncc1. The first-order chi connectivity index (χ1) is 3.39. The normalized spacial score (nSPS) is 7.62. The first-order valence-electron chi connectivity index (χ1n) is 2.26. The van der Waals surface area contributed by atoms with Crippen LogP contribution in [-0.2, 0) is 0 Å². The molecule has 0 aliphatic heterocycles. The molecule has 0 fully saturated rings. The van der Waals surface area contributed by atoms with Gasteiger partial charge in [0.1, 0.15) is 0 Å². The van der Waals surface area contributed by atoms with E-state index in [0.717, 1.165) is 0 Å². The summed E-state index contributed by atoms with van der Waals surface area (Å²) in [5, 5.41) is 0. The van der Waals surface area contributed by atoms with E-state index < -0.39 is 0 Å². The summed E-state index contributed by atoms with van der Waals surface area (Å²) in [4.78, 5) is 3.85. The van der Waals surface area contributed by atoms with Crippen LogP contribution in [0.4, 0.5) is 0 Å². The molecule has 0 radical (unpaired) electrons. The Morgan fingerprint density at radius 2 is 1.75 bits per heavy atom. The number of pyridine rings is 1. The lowest BCUT2D eigenvalue weighted by Gasteiger charge is -1.82. The van der Waals surface area contributed by atoms with E-state index in [9.17, 15) is 0 Å². The summed E-state index contributed by atoms with van der Waals surface area (Å²) in [7, 11) is 0. The van der Waals surface area contributed by atoms with E-state index in [1.54, 1.807) is 12.4 Å². The van der Waals surface area contributed by atoms with Gasteiger partial charge in [0, 0.05) is 12.4 Å². The highest BCUT2D eigenvalue weighted by Gasteiger charge is 1.72. The van der Waals surface area contributed by atoms with Crippen molar-refractivity contribution in [3.63, 3.8) is 0 Å². The van der Waals surface area contributed by atoms with Gasteiger partial charge in [-0.3, -0.25) is 4.98 Å². The molecule has 0 saturated carbocycles. The van der Waals surface area contributed by atoms with Crippen LogP contribution < -0.4 is 0 Å². The monoisotopic (exact) mass is 173 g/mol. The number of hydrogen-bond donors (Lipinski definition) is 0. The number of rotatable bonds is 0. The highest BCUT2D eigenvalue weighted by Crippen LogP contribution is 1.88. The van der Waals surface area contributed by atoms with Gasteiger partial charge in [0.05, 0.1) is 0 Å². The van der Waals surface area contributed by atoms with E-state index in [-0.39, 0.29) is 17.0 Å². The summed E-state index contributed by atoms with van der Waals surface area (Å²) in [6.45, 7) is 2.04. The van der Waals surface area contributed by atoms with Crippen LogP contribution in [0.3, 0.4) is 0 Å². The van der Waals surface area contributed by atoms with Crippen molar-refractivity contribution in [3.05, 3.63) is 30.1 Å². The van der Waals surface area contributed by atoms with Crippen LogP contribution in [0.25, 0.3) is 0 Å². The second-order valence-corrected chi connectivity index (χ2v) is 1.52. The Kier molecular flexibility index (Phi) is 3.44. The minimum atomic E-state index is 0. The molecule has 44 valence electrons. The molecule has 0 aliphatic carbocycles. The quantitative estimate of drug-likeness (QED) is 0.585. The summed E-state index contributed by atoms with van der Waals surface area (Å²) in [6.07, 6.45) is 3.57. The zero-order chi connectivity index (χ0) is 5.11. The number of hydrogen-bond acceptors (Lipinski definition) is 1. The van der Waals surface area contributed by atoms with E-state index in [4.69, 9.17) is 0 Å². The van der Waals surface area contributed by atoms with E-state index in [2.05, 4.69) is 4.98 Å². The fourth-order valence-electron chi connectivity index (χ4n) is 0.426. The molecular weight excluding hydrogens is 166 g/mol. The Hall–Kier alpha value is -0.370. The van der Waals surface area contributed by atoms with Crippen LogP contribution in [0, 0.1) is 6.92 Å². The Balaban J connectivity index is 0.000000490. The summed E-state index contributed by atoms with van der Waals surface area (Å²) >= 11 is 0. The molecule has 1 nitrogen and oxygen atoms in total. The van der Waals surface area contributed by atoms with Crippen molar-refractivity contribution in [1.82, 2.24) is 4.98 Å². The minimum absolute atomic E-state index is 0. The summed E-state index contributed by atoms with van der Waals surface area (Å²) in [5.41, 5.74) is 1.26. The molecule has 0 aliphatic rings. The molecule has 1 heterocycles. The van der Waals surface area contributed by atoms with Gasteiger partial charge in [0.15, 0.2) is 0 Å².